The van der Waals surface area contributed by atoms with E-state index < -0.39 is 0 Å². The second-order valence-electron chi connectivity index (χ2n) is 6.96. The average molecular weight is 326 g/mol. The number of amides is 1. The monoisotopic (exact) mass is 326 g/mol. The number of aryl methyl sites for hydroxylation is 1. The van der Waals surface area contributed by atoms with Gasteiger partial charge < -0.3 is 10.6 Å². The van der Waals surface area contributed by atoms with Crippen LogP contribution in [0, 0.1) is 5.92 Å². The molecule has 0 spiro atoms. The molecule has 0 unspecified atom stereocenters. The van der Waals surface area contributed by atoms with Crippen molar-refractivity contribution >= 4 is 5.91 Å². The average Bonchev–Trinajstić information content (AvgIpc) is 3.18. The Morgan fingerprint density at radius 2 is 2.00 bits per heavy atom. The summed E-state index contributed by atoms with van der Waals surface area (Å²) in [5.41, 5.74) is 8.84. The van der Waals surface area contributed by atoms with Crippen LogP contribution in [0.5, 0.6) is 0 Å². The molecule has 5 heteroatoms. The minimum Gasteiger partial charge on any atom is -0.336 e. The number of likely N-dealkylation sites (tertiary alicyclic amines) is 1. The molecule has 1 fully saturated rings. The van der Waals surface area contributed by atoms with Gasteiger partial charge in [0.1, 0.15) is 0 Å². The normalized spacial score (nSPS) is 20.8. The largest absolute Gasteiger partial charge is 0.336 e. The fourth-order valence-corrected chi connectivity index (χ4v) is 3.64. The van der Waals surface area contributed by atoms with E-state index in [0.29, 0.717) is 43.1 Å². The predicted octanol–water partition coefficient (Wildman–Crippen LogP) is 2.36. The molecule has 0 radical (unpaired) electrons. The highest BCUT2D eigenvalue weighted by Gasteiger charge is 2.36. The third-order valence-electron chi connectivity index (χ3n) is 4.99. The van der Waals surface area contributed by atoms with E-state index in [1.54, 1.807) is 0 Å². The van der Waals surface area contributed by atoms with E-state index in [2.05, 4.69) is 31.1 Å². The highest BCUT2D eigenvalue weighted by Crippen LogP contribution is 2.32. The van der Waals surface area contributed by atoms with Gasteiger partial charge in [-0.05, 0) is 30.0 Å². The first-order valence-corrected chi connectivity index (χ1v) is 8.59. The van der Waals surface area contributed by atoms with Crippen molar-refractivity contribution in [2.45, 2.75) is 25.7 Å². The second kappa shape index (κ2) is 6.77. The van der Waals surface area contributed by atoms with Crippen LogP contribution >= 0.6 is 0 Å². The molecule has 1 aliphatic rings. The van der Waals surface area contributed by atoms with Gasteiger partial charge in [0, 0.05) is 31.7 Å². The summed E-state index contributed by atoms with van der Waals surface area (Å²) in [7, 11) is 1.89. The van der Waals surface area contributed by atoms with Crippen molar-refractivity contribution in [1.82, 2.24) is 14.7 Å². The third-order valence-corrected chi connectivity index (χ3v) is 4.99. The lowest BCUT2D eigenvalue weighted by Gasteiger charge is -2.16. The van der Waals surface area contributed by atoms with Crippen LogP contribution in [-0.2, 0) is 7.05 Å². The number of benzene rings is 1. The fourth-order valence-electron chi connectivity index (χ4n) is 3.64. The quantitative estimate of drug-likeness (QED) is 0.938. The highest BCUT2D eigenvalue weighted by molar-refractivity contribution is 5.92. The Balaban J connectivity index is 1.80. The number of carbonyl (C=O) groups is 1. The maximum absolute atomic E-state index is 12.9. The second-order valence-corrected chi connectivity index (χ2v) is 6.96. The summed E-state index contributed by atoms with van der Waals surface area (Å²) in [5, 5.41) is 4.42. The van der Waals surface area contributed by atoms with Crippen molar-refractivity contribution in [1.29, 1.82) is 0 Å². The summed E-state index contributed by atoms with van der Waals surface area (Å²) in [6, 6.07) is 12.3. The maximum atomic E-state index is 12.9. The number of hydrogen-bond acceptors (Lipinski definition) is 3. The van der Waals surface area contributed by atoms with Gasteiger partial charge in [-0.3, -0.25) is 9.48 Å². The zero-order valence-corrected chi connectivity index (χ0v) is 14.6. The lowest BCUT2D eigenvalue weighted by atomic mass is 9.89. The number of nitrogens with two attached hydrogens (primary N) is 1. The first-order chi connectivity index (χ1) is 11.5. The maximum Gasteiger partial charge on any atom is 0.274 e. The van der Waals surface area contributed by atoms with Crippen LogP contribution < -0.4 is 5.73 Å². The Bertz CT molecular complexity index is 707. The van der Waals surface area contributed by atoms with E-state index in [-0.39, 0.29) is 5.91 Å². The van der Waals surface area contributed by atoms with Crippen molar-refractivity contribution in [2.75, 3.05) is 19.6 Å². The molecule has 0 saturated carbocycles. The number of aromatic nitrogens is 2. The van der Waals surface area contributed by atoms with Gasteiger partial charge in [0.2, 0.25) is 0 Å². The van der Waals surface area contributed by atoms with E-state index in [0.717, 1.165) is 5.69 Å². The van der Waals surface area contributed by atoms with Crippen LogP contribution in [0.25, 0.3) is 0 Å². The molecule has 1 amide bonds. The Labute approximate surface area is 143 Å². The van der Waals surface area contributed by atoms with Crippen molar-refractivity contribution in [3.8, 4) is 0 Å². The van der Waals surface area contributed by atoms with E-state index in [1.807, 2.05) is 40.9 Å². The van der Waals surface area contributed by atoms with Gasteiger partial charge in [0.05, 0.1) is 0 Å². The van der Waals surface area contributed by atoms with Crippen LogP contribution in [-0.4, -0.2) is 40.2 Å². The van der Waals surface area contributed by atoms with Crippen molar-refractivity contribution in [3.63, 3.8) is 0 Å². The van der Waals surface area contributed by atoms with Gasteiger partial charge in [-0.2, -0.15) is 5.10 Å². The van der Waals surface area contributed by atoms with Gasteiger partial charge in [0.25, 0.3) is 5.91 Å². The number of hydrogen-bond donors (Lipinski definition) is 1. The van der Waals surface area contributed by atoms with E-state index in [9.17, 15) is 4.79 Å². The van der Waals surface area contributed by atoms with Gasteiger partial charge in [-0.15, -0.1) is 0 Å². The molecule has 2 N–H and O–H groups in total. The van der Waals surface area contributed by atoms with E-state index in [1.165, 1.54) is 5.56 Å². The molecule has 0 bridgehead atoms. The molecule has 24 heavy (non-hydrogen) atoms. The first-order valence-electron chi connectivity index (χ1n) is 8.59. The predicted molar refractivity (Wildman–Crippen MR) is 94.9 cm³/mol. The molecule has 2 aromatic rings. The van der Waals surface area contributed by atoms with Crippen LogP contribution in [0.2, 0.25) is 0 Å². The number of carbonyl (C=O) groups excluding carboxylic acids is 1. The molecule has 2 heterocycles. The van der Waals surface area contributed by atoms with E-state index in [4.69, 9.17) is 5.73 Å². The Kier molecular flexibility index (Phi) is 4.71. The third kappa shape index (κ3) is 3.08. The molecule has 1 aliphatic heterocycles. The molecule has 5 nitrogen and oxygen atoms in total. The topological polar surface area (TPSA) is 64.2 Å². The summed E-state index contributed by atoms with van der Waals surface area (Å²) in [4.78, 5) is 14.8. The number of nitrogens with zero attached hydrogens (tertiary/aromatic N) is 3. The molecule has 2 atom stereocenters. The zero-order valence-electron chi connectivity index (χ0n) is 14.6. The minimum atomic E-state index is 0.00869. The SMILES string of the molecule is CC(C)c1cc(C(=O)N2C[C@@H](CN)[C@H](c3ccccc3)C2)nn1C. The molecule has 1 saturated heterocycles. The van der Waals surface area contributed by atoms with E-state index >= 15 is 0 Å². The molecule has 128 valence electrons. The molecule has 3 rings (SSSR count). The number of rotatable bonds is 4. The van der Waals surface area contributed by atoms with Crippen molar-refractivity contribution < 1.29 is 4.79 Å². The Hall–Kier alpha value is -2.14. The first kappa shape index (κ1) is 16.7. The van der Waals surface area contributed by atoms with Crippen molar-refractivity contribution in [2.24, 2.45) is 18.7 Å². The van der Waals surface area contributed by atoms with Crippen LogP contribution in [0.1, 0.15) is 47.4 Å². The van der Waals surface area contributed by atoms with Crippen LogP contribution in [0.4, 0.5) is 0 Å². The highest BCUT2D eigenvalue weighted by atomic mass is 16.2. The Morgan fingerprint density at radius 3 is 2.58 bits per heavy atom. The molecular formula is C19H26N4O. The summed E-state index contributed by atoms with van der Waals surface area (Å²) >= 11 is 0. The fraction of sp³-hybridized carbons (Fsp3) is 0.474. The van der Waals surface area contributed by atoms with Crippen molar-refractivity contribution in [3.05, 3.63) is 53.3 Å². The summed E-state index contributed by atoms with van der Waals surface area (Å²) in [5.74, 6) is 0.948. The lowest BCUT2D eigenvalue weighted by molar-refractivity contribution is 0.0780. The van der Waals surface area contributed by atoms with Gasteiger partial charge in [-0.25, -0.2) is 0 Å². The smallest absolute Gasteiger partial charge is 0.274 e. The summed E-state index contributed by atoms with van der Waals surface area (Å²) in [6.07, 6.45) is 0. The minimum absolute atomic E-state index is 0.00869. The lowest BCUT2D eigenvalue weighted by Crippen LogP contribution is -2.30. The van der Waals surface area contributed by atoms with Gasteiger partial charge in [-0.1, -0.05) is 44.2 Å². The zero-order chi connectivity index (χ0) is 17.3. The van der Waals surface area contributed by atoms with Crippen LogP contribution in [0.15, 0.2) is 36.4 Å². The molecule has 1 aromatic heterocycles. The van der Waals surface area contributed by atoms with Gasteiger partial charge >= 0.3 is 0 Å². The molecule has 0 aliphatic carbocycles. The van der Waals surface area contributed by atoms with Crippen LogP contribution in [0.3, 0.4) is 0 Å². The molecular weight excluding hydrogens is 300 g/mol. The Morgan fingerprint density at radius 1 is 1.29 bits per heavy atom. The molecule has 1 aromatic carbocycles. The standard InChI is InChI=1S/C19H26N4O/c1-13(2)18-9-17(21-22(18)3)19(24)23-11-15(10-20)16(12-23)14-7-5-4-6-8-14/h4-9,13,15-16H,10-12,20H2,1-3H3/t15-,16+/m1/s1. The summed E-state index contributed by atoms with van der Waals surface area (Å²) < 4.78 is 1.81. The summed E-state index contributed by atoms with van der Waals surface area (Å²) in [6.45, 7) is 6.21. The van der Waals surface area contributed by atoms with Gasteiger partial charge in [0.15, 0.2) is 5.69 Å².